The first-order valence-electron chi connectivity index (χ1n) is 16.6. The zero-order valence-electron chi connectivity index (χ0n) is 24.6. The molecule has 0 amide bonds. The Morgan fingerprint density at radius 1 is 0.976 bits per heavy atom. The Hall–Kier alpha value is -2.80. The molecule has 2 unspecified atom stereocenters. The molecule has 9 rings (SSSR count). The maximum absolute atomic E-state index is 12.8. The molecule has 218 valence electrons. The number of nitrogens with one attached hydrogen (secondary N) is 1. The number of piperidine rings is 1. The van der Waals surface area contributed by atoms with E-state index in [1.54, 1.807) is 0 Å². The molecule has 4 saturated heterocycles. The van der Waals surface area contributed by atoms with E-state index in [1.165, 1.54) is 66.0 Å². The van der Waals surface area contributed by atoms with Crippen LogP contribution >= 0.6 is 0 Å². The molecule has 1 aliphatic carbocycles. The van der Waals surface area contributed by atoms with Crippen molar-refractivity contribution in [3.8, 4) is 0 Å². The standard InChI is InChI=1S/C36H42N4O2/c41-25-12-11-24-21-35-23-39-19-8-4-2-1-3-7-17-36(34(35)40(24)31(42-36)14-13-25)22-28(29(35)16-20-39)32-33-27(15-18-37-32)26-9-5-6-10-30(26)38-33/h1,3,5-6,9-10,15,18,22,24,29,31,34,38H,2,4,7-8,11-14,16-17,19-21,23H2/b3-1-/t24-,29-,31+,34?,35-,36-/m0/s1. The van der Waals surface area contributed by atoms with Gasteiger partial charge >= 0.3 is 0 Å². The van der Waals surface area contributed by atoms with Gasteiger partial charge in [-0.25, -0.2) is 0 Å². The lowest BCUT2D eigenvalue weighted by atomic mass is 9.55. The number of rotatable bonds is 1. The maximum atomic E-state index is 12.8. The predicted octanol–water partition coefficient (Wildman–Crippen LogP) is 6.62. The Kier molecular flexibility index (Phi) is 5.87. The van der Waals surface area contributed by atoms with Crippen molar-refractivity contribution in [3.63, 3.8) is 0 Å². The minimum atomic E-state index is -0.365. The van der Waals surface area contributed by atoms with Gasteiger partial charge in [-0.1, -0.05) is 30.4 Å². The normalized spacial score (nSPS) is 39.2. The number of para-hydroxylation sites is 1. The lowest BCUT2D eigenvalue weighted by Crippen LogP contribution is -2.62. The second-order valence-electron chi connectivity index (χ2n) is 14.1. The van der Waals surface area contributed by atoms with Crippen LogP contribution in [0.5, 0.6) is 0 Å². The number of fused-ring (bicyclic) bond motifs is 4. The van der Waals surface area contributed by atoms with E-state index >= 15 is 0 Å². The van der Waals surface area contributed by atoms with Crippen LogP contribution in [0, 0.1) is 11.3 Å². The minimum absolute atomic E-state index is 0.0314. The van der Waals surface area contributed by atoms with Gasteiger partial charge in [-0.15, -0.1) is 0 Å². The fourth-order valence-corrected chi connectivity index (χ4v) is 10.3. The number of hydrogen-bond acceptors (Lipinski definition) is 5. The molecule has 3 bridgehead atoms. The highest BCUT2D eigenvalue weighted by atomic mass is 16.5. The number of carbonyl (C=O) groups is 1. The summed E-state index contributed by atoms with van der Waals surface area (Å²) >= 11 is 0. The molecule has 4 fully saturated rings. The van der Waals surface area contributed by atoms with Crippen LogP contribution in [0.1, 0.15) is 76.3 Å². The van der Waals surface area contributed by atoms with Crippen molar-refractivity contribution in [2.45, 2.75) is 94.5 Å². The van der Waals surface area contributed by atoms with E-state index < -0.39 is 0 Å². The third kappa shape index (κ3) is 3.67. The largest absolute Gasteiger partial charge is 0.353 e. The van der Waals surface area contributed by atoms with Crippen molar-refractivity contribution in [3.05, 3.63) is 60.5 Å². The molecular formula is C36H42N4O2. The summed E-state index contributed by atoms with van der Waals surface area (Å²) in [5.74, 6) is 0.857. The van der Waals surface area contributed by atoms with Crippen LogP contribution in [0.15, 0.2) is 54.8 Å². The average Bonchev–Trinajstić information content (AvgIpc) is 3.65. The Morgan fingerprint density at radius 2 is 1.88 bits per heavy atom. The number of carbonyl (C=O) groups excluding carboxylic acids is 1. The minimum Gasteiger partial charge on any atom is -0.353 e. The molecule has 1 aromatic carbocycles. The fourth-order valence-electron chi connectivity index (χ4n) is 10.3. The highest BCUT2D eigenvalue weighted by molar-refractivity contribution is 6.09. The fraction of sp³-hybridized carbons (Fsp3) is 0.556. The van der Waals surface area contributed by atoms with E-state index in [2.05, 4.69) is 63.3 Å². The number of aromatic nitrogens is 2. The molecule has 0 radical (unpaired) electrons. The lowest BCUT2D eigenvalue weighted by Gasteiger charge is -2.56. The number of hydrogen-bond donors (Lipinski definition) is 1. The number of pyridine rings is 1. The van der Waals surface area contributed by atoms with Gasteiger partial charge in [0.05, 0.1) is 17.3 Å². The zero-order valence-corrected chi connectivity index (χ0v) is 24.6. The monoisotopic (exact) mass is 562 g/mol. The number of H-pyrrole nitrogens is 1. The van der Waals surface area contributed by atoms with E-state index in [-0.39, 0.29) is 17.2 Å². The number of ketones is 1. The van der Waals surface area contributed by atoms with E-state index in [1.807, 2.05) is 6.20 Å². The first kappa shape index (κ1) is 25.7. The number of aromatic amines is 1. The number of Topliss-reactive ketones (excluding diaryl/α,β-unsaturated/α-hetero) is 1. The van der Waals surface area contributed by atoms with Gasteiger partial charge < -0.3 is 14.6 Å². The van der Waals surface area contributed by atoms with Gasteiger partial charge in [0.2, 0.25) is 0 Å². The van der Waals surface area contributed by atoms with Crippen molar-refractivity contribution < 1.29 is 9.53 Å². The average molecular weight is 563 g/mol. The lowest BCUT2D eigenvalue weighted by molar-refractivity contribution is -0.123. The second kappa shape index (κ2) is 9.60. The van der Waals surface area contributed by atoms with Crippen molar-refractivity contribution in [2.24, 2.45) is 11.3 Å². The van der Waals surface area contributed by atoms with Gasteiger partial charge in [-0.05, 0) is 101 Å². The smallest absolute Gasteiger partial charge is 0.133 e. The maximum Gasteiger partial charge on any atom is 0.133 e. The van der Waals surface area contributed by atoms with Crippen LogP contribution in [-0.4, -0.2) is 69.1 Å². The van der Waals surface area contributed by atoms with Crippen molar-refractivity contribution >= 4 is 33.2 Å². The second-order valence-corrected chi connectivity index (χ2v) is 14.1. The molecule has 5 aliphatic heterocycles. The van der Waals surface area contributed by atoms with Crippen molar-refractivity contribution in [2.75, 3.05) is 19.6 Å². The molecule has 2 aromatic heterocycles. The summed E-state index contributed by atoms with van der Waals surface area (Å²) in [6.45, 7) is 3.47. The molecule has 6 aliphatic rings. The summed E-state index contributed by atoms with van der Waals surface area (Å²) < 4.78 is 7.38. The van der Waals surface area contributed by atoms with E-state index in [9.17, 15) is 4.79 Å². The molecule has 7 atom stereocenters. The highest BCUT2D eigenvalue weighted by Crippen LogP contribution is 2.66. The summed E-state index contributed by atoms with van der Waals surface area (Å²) in [5.41, 5.74) is 4.62. The van der Waals surface area contributed by atoms with Crippen molar-refractivity contribution in [1.29, 1.82) is 0 Å². The van der Waals surface area contributed by atoms with E-state index in [4.69, 9.17) is 9.72 Å². The molecule has 7 heterocycles. The number of benzene rings is 1. The Bertz CT molecular complexity index is 1620. The Labute approximate surface area is 248 Å². The summed E-state index contributed by atoms with van der Waals surface area (Å²) in [5, 5.41) is 2.53. The van der Waals surface area contributed by atoms with Gasteiger partial charge in [0.15, 0.2) is 0 Å². The molecule has 1 N–H and O–H groups in total. The Morgan fingerprint density at radius 3 is 2.86 bits per heavy atom. The van der Waals surface area contributed by atoms with Gasteiger partial charge in [0, 0.05) is 53.3 Å². The predicted molar refractivity (Wildman–Crippen MR) is 166 cm³/mol. The van der Waals surface area contributed by atoms with E-state index in [0.29, 0.717) is 30.2 Å². The summed E-state index contributed by atoms with van der Waals surface area (Å²) in [4.78, 5) is 27.4. The van der Waals surface area contributed by atoms with Crippen LogP contribution in [0.2, 0.25) is 0 Å². The van der Waals surface area contributed by atoms with Gasteiger partial charge in [0.25, 0.3) is 0 Å². The molecule has 0 saturated carbocycles. The summed E-state index contributed by atoms with van der Waals surface area (Å²) in [6.07, 6.45) is 20.7. The number of allylic oxidation sites excluding steroid dienone is 3. The number of ether oxygens (including phenoxy) is 1. The molecule has 6 nitrogen and oxygen atoms in total. The summed E-state index contributed by atoms with van der Waals surface area (Å²) in [7, 11) is 0. The quantitative estimate of drug-likeness (QED) is 0.338. The first-order chi connectivity index (χ1) is 20.7. The van der Waals surface area contributed by atoms with Gasteiger partial charge in [-0.2, -0.15) is 0 Å². The van der Waals surface area contributed by atoms with Crippen molar-refractivity contribution in [1.82, 2.24) is 19.8 Å². The molecular weight excluding hydrogens is 520 g/mol. The van der Waals surface area contributed by atoms with E-state index in [0.717, 1.165) is 50.9 Å². The van der Waals surface area contributed by atoms with Crippen LogP contribution in [-0.2, 0) is 9.53 Å². The molecule has 6 heteroatoms. The van der Waals surface area contributed by atoms with Crippen LogP contribution < -0.4 is 0 Å². The third-order valence-electron chi connectivity index (χ3n) is 11.8. The SMILES string of the molecule is O=C1CC[C@H]2C[C@]34CN5CCCC/C=C\CC[C@@]6(C=C(c7nccc8c7[nH]c7ccccc78)[C@@H]3CC5)O[C@H](CC1)N2C46. The molecule has 1 spiro atoms. The zero-order chi connectivity index (χ0) is 27.9. The van der Waals surface area contributed by atoms with Gasteiger partial charge in [-0.3, -0.25) is 14.7 Å². The molecule has 42 heavy (non-hydrogen) atoms. The first-order valence-corrected chi connectivity index (χ1v) is 16.6. The van der Waals surface area contributed by atoms with Crippen LogP contribution in [0.4, 0.5) is 0 Å². The highest BCUT2D eigenvalue weighted by Gasteiger charge is 2.71. The Balaban J connectivity index is 1.28. The van der Waals surface area contributed by atoms with Crippen LogP contribution in [0.3, 0.4) is 0 Å². The molecule has 3 aromatic rings. The number of nitrogens with zero attached hydrogens (tertiary/aromatic N) is 3. The summed E-state index contributed by atoms with van der Waals surface area (Å²) in [6, 6.07) is 11.6. The third-order valence-corrected chi connectivity index (χ3v) is 11.8. The van der Waals surface area contributed by atoms with Gasteiger partial charge in [0.1, 0.15) is 17.6 Å². The topological polar surface area (TPSA) is 61.5 Å². The van der Waals surface area contributed by atoms with Crippen LogP contribution in [0.25, 0.3) is 27.4 Å².